The average Bonchev–Trinajstić information content (AvgIpc) is 3.16. The molecule has 0 aromatic rings. The highest BCUT2D eigenvalue weighted by molar-refractivity contribution is 5.75. The zero-order chi connectivity index (χ0) is 43.5. The van der Waals surface area contributed by atoms with E-state index < -0.39 is 17.9 Å². The van der Waals surface area contributed by atoms with E-state index in [1.165, 1.54) is 0 Å². The predicted molar refractivity (Wildman–Crippen MR) is 222 cm³/mol. The Kier molecular flexibility index (Phi) is 69.1. The van der Waals surface area contributed by atoms with E-state index in [0.717, 1.165) is 116 Å². The molecule has 18 heteroatoms. The fourth-order valence-electron chi connectivity index (χ4n) is 4.05. The second kappa shape index (κ2) is 58.6. The number of nitrogens with two attached hydrogens (primary N) is 8. The number of unbranched alkanes of at least 4 members (excludes halogenated alkanes) is 1. The highest BCUT2D eigenvalue weighted by atomic mass is 16.4. The molecule has 0 aliphatic rings. The number of carboxylic acid groups (broad SMARTS) is 3. The van der Waals surface area contributed by atoms with Crippen molar-refractivity contribution in [3.63, 3.8) is 0 Å². The number of aliphatic carboxylic acids is 3. The van der Waals surface area contributed by atoms with Gasteiger partial charge in [-0.3, -0.25) is 14.4 Å². The summed E-state index contributed by atoms with van der Waals surface area (Å²) >= 11 is 0. The van der Waals surface area contributed by atoms with Crippen LogP contribution in [0.15, 0.2) is 0 Å². The van der Waals surface area contributed by atoms with Gasteiger partial charge in [-0.1, -0.05) is 13.3 Å². The lowest BCUT2D eigenvalue weighted by molar-refractivity contribution is -0.143. The molecule has 0 aromatic carbocycles. The highest BCUT2D eigenvalue weighted by Gasteiger charge is 2.02. The van der Waals surface area contributed by atoms with Gasteiger partial charge in [0.05, 0.1) is 12.8 Å². The normalized spacial score (nSPS) is 12.2. The first-order chi connectivity index (χ1) is 26.1. The van der Waals surface area contributed by atoms with Crippen LogP contribution in [0.2, 0.25) is 0 Å². The first-order valence-corrected chi connectivity index (χ1v) is 20.0. The average molecular weight is 805 g/mol. The number of hydrogen-bond acceptors (Lipinski definition) is 15. The molecule has 0 bridgehead atoms. The van der Waals surface area contributed by atoms with Gasteiger partial charge in [0.1, 0.15) is 0 Å². The molecule has 0 saturated heterocycles. The molecular formula is C37H88N8O10. The summed E-state index contributed by atoms with van der Waals surface area (Å²) in [5.74, 6) is -2.85. The minimum absolute atomic E-state index is 0.232. The molecule has 0 amide bonds. The van der Waals surface area contributed by atoms with Crippen LogP contribution in [0.1, 0.15) is 142 Å². The van der Waals surface area contributed by atoms with Crippen molar-refractivity contribution in [1.29, 1.82) is 0 Å². The topological polar surface area (TPSA) is 401 Å². The van der Waals surface area contributed by atoms with Crippen LogP contribution >= 0.6 is 0 Å². The summed E-state index contributed by atoms with van der Waals surface area (Å²) in [5, 5.41) is 57.7. The first-order valence-electron chi connectivity index (χ1n) is 20.0. The van der Waals surface area contributed by atoms with Crippen molar-refractivity contribution in [2.24, 2.45) is 45.9 Å². The molecule has 0 radical (unpaired) electrons. The third-order valence-corrected chi connectivity index (χ3v) is 7.35. The predicted octanol–water partition coefficient (Wildman–Crippen LogP) is 0.497. The summed E-state index contributed by atoms with van der Waals surface area (Å²) < 4.78 is 0. The van der Waals surface area contributed by atoms with Gasteiger partial charge in [0.25, 0.3) is 0 Å². The molecular weight excluding hydrogens is 716 g/mol. The van der Waals surface area contributed by atoms with Crippen LogP contribution in [-0.2, 0) is 14.4 Å². The third kappa shape index (κ3) is 85.4. The van der Waals surface area contributed by atoms with Crippen molar-refractivity contribution < 1.29 is 50.1 Å². The lowest BCUT2D eigenvalue weighted by Crippen LogP contribution is -2.21. The van der Waals surface area contributed by atoms with Crippen molar-refractivity contribution >= 4 is 17.9 Å². The largest absolute Gasteiger partial charge is 0.481 e. The second-order valence-electron chi connectivity index (χ2n) is 13.0. The summed E-state index contributed by atoms with van der Waals surface area (Å²) in [4.78, 5) is 29.0. The van der Waals surface area contributed by atoms with Crippen molar-refractivity contribution in [2.75, 3.05) is 52.6 Å². The van der Waals surface area contributed by atoms with Crippen molar-refractivity contribution in [3.8, 4) is 0 Å². The summed E-state index contributed by atoms with van der Waals surface area (Å²) in [6.45, 7) is 5.82. The van der Waals surface area contributed by atoms with E-state index in [-0.39, 0.29) is 63.4 Å². The van der Waals surface area contributed by atoms with Gasteiger partial charge in [0, 0.05) is 57.0 Å². The molecule has 18 nitrogen and oxygen atoms in total. The SMILES string of the molecule is CCCCC(=O)O.NCCCC(N)CCCO.NCCCC(N)CCCO.NCCCC(N)CCCO.NCCCC(N)CCCO.O=C(O)CCC(=O)O. The second-order valence-corrected chi connectivity index (χ2v) is 13.0. The third-order valence-electron chi connectivity index (χ3n) is 7.35. The monoisotopic (exact) mass is 805 g/mol. The molecule has 0 spiro atoms. The van der Waals surface area contributed by atoms with E-state index in [4.69, 9.17) is 81.6 Å². The Hall–Kier alpha value is -2.07. The van der Waals surface area contributed by atoms with Crippen LogP contribution in [0.3, 0.4) is 0 Å². The summed E-state index contributed by atoms with van der Waals surface area (Å²) in [6, 6.07) is 0.929. The van der Waals surface area contributed by atoms with Crippen molar-refractivity contribution in [2.45, 2.75) is 166 Å². The molecule has 0 aliphatic carbocycles. The van der Waals surface area contributed by atoms with E-state index in [1.807, 2.05) is 6.92 Å². The van der Waals surface area contributed by atoms with Crippen LogP contribution in [-0.4, -0.2) is 130 Å². The zero-order valence-electron chi connectivity index (χ0n) is 34.3. The maximum absolute atomic E-state index is 9.76. The van der Waals surface area contributed by atoms with E-state index in [0.29, 0.717) is 32.6 Å². The van der Waals surface area contributed by atoms with Gasteiger partial charge in [-0.25, -0.2) is 0 Å². The van der Waals surface area contributed by atoms with Crippen molar-refractivity contribution in [3.05, 3.63) is 0 Å². The van der Waals surface area contributed by atoms with Gasteiger partial charge >= 0.3 is 17.9 Å². The molecule has 0 heterocycles. The lowest BCUT2D eigenvalue weighted by Gasteiger charge is -2.08. The maximum Gasteiger partial charge on any atom is 0.303 e. The zero-order valence-corrected chi connectivity index (χ0v) is 34.3. The van der Waals surface area contributed by atoms with Crippen LogP contribution in [0, 0.1) is 0 Å². The molecule has 0 rings (SSSR count). The Morgan fingerprint density at radius 2 is 0.582 bits per heavy atom. The van der Waals surface area contributed by atoms with E-state index in [2.05, 4.69) is 0 Å². The lowest BCUT2D eigenvalue weighted by atomic mass is 10.1. The number of carboxylic acids is 3. The van der Waals surface area contributed by atoms with Crippen molar-refractivity contribution in [1.82, 2.24) is 0 Å². The fourth-order valence-corrected chi connectivity index (χ4v) is 4.05. The number of rotatable bonds is 30. The van der Waals surface area contributed by atoms with Gasteiger partial charge < -0.3 is 81.6 Å². The highest BCUT2D eigenvalue weighted by Crippen LogP contribution is 2.02. The molecule has 23 N–H and O–H groups in total. The van der Waals surface area contributed by atoms with Crippen LogP contribution in [0.5, 0.6) is 0 Å². The Labute approximate surface area is 332 Å². The molecule has 55 heavy (non-hydrogen) atoms. The standard InChI is InChI=1S/4C7H18N2O.C5H10O2.C4H6O4/c4*8-5-1-3-7(9)4-2-6-10;1-2-3-4-5(6)7;5-3(6)1-2-4(7)8/h4*7,10H,1-6,8-9H2;2-4H2,1H3,(H,6,7);1-2H2,(H,5,6)(H,7,8). The Morgan fingerprint density at radius 1 is 0.382 bits per heavy atom. The molecule has 4 atom stereocenters. The van der Waals surface area contributed by atoms with Crippen LogP contribution in [0.4, 0.5) is 0 Å². The maximum atomic E-state index is 9.76. The fraction of sp³-hybridized carbons (Fsp3) is 0.919. The molecule has 4 unspecified atom stereocenters. The number of aliphatic hydroxyl groups excluding tert-OH is 4. The Balaban J connectivity index is -0.000000132. The number of hydrogen-bond donors (Lipinski definition) is 15. The summed E-state index contributed by atoms with van der Waals surface area (Å²) in [7, 11) is 0. The number of aliphatic hydroxyl groups is 4. The molecule has 0 aliphatic heterocycles. The van der Waals surface area contributed by atoms with Crippen LogP contribution in [0.25, 0.3) is 0 Å². The minimum Gasteiger partial charge on any atom is -0.481 e. The molecule has 0 saturated carbocycles. The molecule has 336 valence electrons. The first kappa shape index (κ1) is 64.8. The minimum atomic E-state index is -1.08. The van der Waals surface area contributed by atoms with Gasteiger partial charge in [-0.2, -0.15) is 0 Å². The summed E-state index contributed by atoms with van der Waals surface area (Å²) in [5.41, 5.74) is 43.9. The van der Waals surface area contributed by atoms with Gasteiger partial charge in [-0.05, 0) is 135 Å². The molecule has 0 aromatic heterocycles. The van der Waals surface area contributed by atoms with E-state index in [1.54, 1.807) is 0 Å². The Bertz CT molecular complexity index is 632. The van der Waals surface area contributed by atoms with Crippen LogP contribution < -0.4 is 45.9 Å². The smallest absolute Gasteiger partial charge is 0.303 e. The van der Waals surface area contributed by atoms with E-state index >= 15 is 0 Å². The van der Waals surface area contributed by atoms with E-state index in [9.17, 15) is 14.4 Å². The van der Waals surface area contributed by atoms with Gasteiger partial charge in [-0.15, -0.1) is 0 Å². The Morgan fingerprint density at radius 3 is 0.709 bits per heavy atom. The van der Waals surface area contributed by atoms with Gasteiger partial charge in [0.15, 0.2) is 0 Å². The quantitative estimate of drug-likeness (QED) is 0.0470. The summed E-state index contributed by atoms with van der Waals surface area (Å²) in [6.07, 6.45) is 16.3. The van der Waals surface area contributed by atoms with Gasteiger partial charge in [0.2, 0.25) is 0 Å². The molecule has 0 fully saturated rings. The number of carbonyl (C=O) groups is 3.